The van der Waals surface area contributed by atoms with Gasteiger partial charge in [0.1, 0.15) is 23.2 Å². The number of alkyl carbamates (subject to hydrolysis) is 1. The zero-order valence-corrected chi connectivity index (χ0v) is 11.4. The lowest BCUT2D eigenvalue weighted by atomic mass is 9.94. The van der Waals surface area contributed by atoms with Crippen LogP contribution in [0.4, 0.5) is 4.79 Å². The number of nitrogens with one attached hydrogen (secondary N) is 1. The fraction of sp³-hybridized carbons (Fsp3) is 0.538. The quantitative estimate of drug-likeness (QED) is 0.840. The molecule has 0 fully saturated rings. The summed E-state index contributed by atoms with van der Waals surface area (Å²) in [5.74, 6) is 0.584. The highest BCUT2D eigenvalue weighted by molar-refractivity contribution is 5.78. The Balaban J connectivity index is 2.88. The fourth-order valence-electron chi connectivity index (χ4n) is 1.60. The van der Waals surface area contributed by atoms with Gasteiger partial charge in [-0.15, -0.1) is 0 Å². The van der Waals surface area contributed by atoms with Gasteiger partial charge in [0.15, 0.2) is 0 Å². The smallest absolute Gasteiger partial charge is 0.408 e. The van der Waals surface area contributed by atoms with Crippen molar-refractivity contribution in [2.24, 2.45) is 0 Å². The Labute approximate surface area is 106 Å². The standard InChI is InChI=1S/C13H19NO4/c1-9-10(6-7-17-9)13(5,8-15)14-11(16)18-12(2,3)4/h6-8H,1-5H3,(H,14,16). The van der Waals surface area contributed by atoms with Crippen LogP contribution in [0.5, 0.6) is 0 Å². The highest BCUT2D eigenvalue weighted by Crippen LogP contribution is 2.23. The van der Waals surface area contributed by atoms with Gasteiger partial charge in [-0.05, 0) is 40.7 Å². The number of hydrogen-bond donors (Lipinski definition) is 1. The first-order valence-corrected chi connectivity index (χ1v) is 5.70. The highest BCUT2D eigenvalue weighted by Gasteiger charge is 2.33. The number of amides is 1. The number of ether oxygens (including phenoxy) is 1. The Morgan fingerprint density at radius 1 is 1.39 bits per heavy atom. The van der Waals surface area contributed by atoms with Crippen molar-refractivity contribution in [1.29, 1.82) is 0 Å². The minimum Gasteiger partial charge on any atom is -0.469 e. The number of rotatable bonds is 3. The summed E-state index contributed by atoms with van der Waals surface area (Å²) in [4.78, 5) is 23.0. The first kappa shape index (κ1) is 14.3. The van der Waals surface area contributed by atoms with E-state index in [2.05, 4.69) is 5.32 Å². The van der Waals surface area contributed by atoms with Gasteiger partial charge in [0.2, 0.25) is 0 Å². The second kappa shape index (κ2) is 4.84. The van der Waals surface area contributed by atoms with Gasteiger partial charge in [-0.2, -0.15) is 0 Å². The molecule has 100 valence electrons. The third-order valence-electron chi connectivity index (χ3n) is 2.41. The van der Waals surface area contributed by atoms with E-state index in [1.54, 1.807) is 40.7 Å². The predicted octanol–water partition coefficient (Wildman–Crippen LogP) is 2.53. The van der Waals surface area contributed by atoms with Crippen LogP contribution < -0.4 is 5.32 Å². The molecule has 0 aromatic carbocycles. The molecule has 1 heterocycles. The summed E-state index contributed by atoms with van der Waals surface area (Å²) < 4.78 is 10.3. The maximum Gasteiger partial charge on any atom is 0.408 e. The van der Waals surface area contributed by atoms with Crippen molar-refractivity contribution in [3.8, 4) is 0 Å². The van der Waals surface area contributed by atoms with Gasteiger partial charge in [-0.3, -0.25) is 0 Å². The Morgan fingerprint density at radius 3 is 2.39 bits per heavy atom. The van der Waals surface area contributed by atoms with Crippen LogP contribution in [0.25, 0.3) is 0 Å². The lowest BCUT2D eigenvalue weighted by Gasteiger charge is -2.27. The molecule has 0 saturated carbocycles. The summed E-state index contributed by atoms with van der Waals surface area (Å²) in [6, 6.07) is 1.65. The van der Waals surface area contributed by atoms with Gasteiger partial charge < -0.3 is 19.3 Å². The molecule has 5 heteroatoms. The SMILES string of the molecule is Cc1occc1C(C)(C=O)NC(=O)OC(C)(C)C. The van der Waals surface area contributed by atoms with Crippen molar-refractivity contribution in [3.63, 3.8) is 0 Å². The molecule has 0 aliphatic heterocycles. The molecule has 1 N–H and O–H groups in total. The number of aldehydes is 1. The largest absolute Gasteiger partial charge is 0.469 e. The van der Waals surface area contributed by atoms with E-state index < -0.39 is 17.2 Å². The van der Waals surface area contributed by atoms with E-state index in [1.165, 1.54) is 6.26 Å². The molecule has 18 heavy (non-hydrogen) atoms. The summed E-state index contributed by atoms with van der Waals surface area (Å²) >= 11 is 0. The summed E-state index contributed by atoms with van der Waals surface area (Å²) in [7, 11) is 0. The minimum atomic E-state index is -1.15. The minimum absolute atomic E-state index is 0.584. The number of carbonyl (C=O) groups is 2. The van der Waals surface area contributed by atoms with E-state index in [0.717, 1.165) is 0 Å². The van der Waals surface area contributed by atoms with Crippen LogP contribution in [0.3, 0.4) is 0 Å². The predicted molar refractivity (Wildman–Crippen MR) is 66.2 cm³/mol. The second-order valence-corrected chi connectivity index (χ2v) is 5.34. The third kappa shape index (κ3) is 3.35. The Morgan fingerprint density at radius 2 is 2.00 bits per heavy atom. The molecular formula is C13H19NO4. The second-order valence-electron chi connectivity index (χ2n) is 5.34. The van der Waals surface area contributed by atoms with Crippen molar-refractivity contribution in [2.75, 3.05) is 0 Å². The zero-order valence-electron chi connectivity index (χ0n) is 11.4. The van der Waals surface area contributed by atoms with Crippen LogP contribution in [0.15, 0.2) is 16.7 Å². The summed E-state index contributed by atoms with van der Waals surface area (Å²) in [5.41, 5.74) is -1.15. The number of furan rings is 1. The van der Waals surface area contributed by atoms with Gasteiger partial charge in [0.05, 0.1) is 6.26 Å². The highest BCUT2D eigenvalue weighted by atomic mass is 16.6. The van der Waals surface area contributed by atoms with E-state index in [4.69, 9.17) is 9.15 Å². The van der Waals surface area contributed by atoms with Crippen molar-refractivity contribution in [3.05, 3.63) is 23.7 Å². The van der Waals surface area contributed by atoms with E-state index in [0.29, 0.717) is 17.6 Å². The molecule has 1 unspecified atom stereocenters. The summed E-state index contributed by atoms with van der Waals surface area (Å²) in [6.45, 7) is 8.60. The van der Waals surface area contributed by atoms with Crippen LogP contribution >= 0.6 is 0 Å². The molecule has 0 saturated heterocycles. The molecule has 1 aromatic rings. The van der Waals surface area contributed by atoms with Crippen molar-refractivity contribution >= 4 is 12.4 Å². The zero-order chi connectivity index (χ0) is 14.0. The molecule has 0 bridgehead atoms. The van der Waals surface area contributed by atoms with Crippen molar-refractivity contribution in [1.82, 2.24) is 5.32 Å². The lowest BCUT2D eigenvalue weighted by molar-refractivity contribution is -0.113. The molecule has 1 atom stereocenters. The molecule has 1 rings (SSSR count). The summed E-state index contributed by atoms with van der Waals surface area (Å²) in [6.07, 6.45) is 1.50. The average Bonchev–Trinajstić information content (AvgIpc) is 2.61. The van der Waals surface area contributed by atoms with E-state index in [-0.39, 0.29) is 0 Å². The van der Waals surface area contributed by atoms with Crippen LogP contribution in [0.2, 0.25) is 0 Å². The first-order valence-electron chi connectivity index (χ1n) is 5.70. The molecule has 0 aliphatic carbocycles. The van der Waals surface area contributed by atoms with Gasteiger partial charge in [0.25, 0.3) is 0 Å². The molecule has 1 aromatic heterocycles. The molecular weight excluding hydrogens is 234 g/mol. The topological polar surface area (TPSA) is 68.5 Å². The van der Waals surface area contributed by atoms with Crippen molar-refractivity contribution in [2.45, 2.75) is 45.8 Å². The average molecular weight is 253 g/mol. The molecule has 0 radical (unpaired) electrons. The number of carbonyl (C=O) groups excluding carboxylic acids is 2. The van der Waals surface area contributed by atoms with Gasteiger partial charge in [-0.1, -0.05) is 0 Å². The van der Waals surface area contributed by atoms with E-state index >= 15 is 0 Å². The Kier molecular flexibility index (Phi) is 3.84. The van der Waals surface area contributed by atoms with Gasteiger partial charge in [0, 0.05) is 5.56 Å². The molecule has 0 aliphatic rings. The number of hydrogen-bond acceptors (Lipinski definition) is 4. The van der Waals surface area contributed by atoms with E-state index in [1.807, 2.05) is 0 Å². The normalized spacial score (nSPS) is 14.7. The Hall–Kier alpha value is -1.78. The number of aryl methyl sites for hydroxylation is 1. The van der Waals surface area contributed by atoms with Gasteiger partial charge >= 0.3 is 6.09 Å². The summed E-state index contributed by atoms with van der Waals surface area (Å²) in [5, 5.41) is 2.55. The fourth-order valence-corrected chi connectivity index (χ4v) is 1.60. The van der Waals surface area contributed by atoms with Crippen molar-refractivity contribution < 1.29 is 18.7 Å². The molecule has 0 spiro atoms. The maximum atomic E-state index is 11.7. The Bertz CT molecular complexity index is 444. The van der Waals surface area contributed by atoms with Gasteiger partial charge in [-0.25, -0.2) is 4.79 Å². The van der Waals surface area contributed by atoms with Crippen LogP contribution in [-0.2, 0) is 15.1 Å². The maximum absolute atomic E-state index is 11.7. The lowest BCUT2D eigenvalue weighted by Crippen LogP contribution is -2.47. The van der Waals surface area contributed by atoms with Crippen LogP contribution in [-0.4, -0.2) is 18.0 Å². The third-order valence-corrected chi connectivity index (χ3v) is 2.41. The van der Waals surface area contributed by atoms with E-state index in [9.17, 15) is 9.59 Å². The first-order chi connectivity index (χ1) is 8.18. The van der Waals surface area contributed by atoms with Crippen LogP contribution in [0.1, 0.15) is 39.0 Å². The van der Waals surface area contributed by atoms with Crippen LogP contribution in [0, 0.1) is 6.92 Å². The monoisotopic (exact) mass is 253 g/mol. The molecule has 1 amide bonds. The molecule has 5 nitrogen and oxygen atoms in total.